The van der Waals surface area contributed by atoms with E-state index in [1.54, 1.807) is 0 Å². The number of rotatable bonds is 6. The Morgan fingerprint density at radius 3 is 1.72 bits per heavy atom. The topological polar surface area (TPSA) is 16.4 Å². The van der Waals surface area contributed by atoms with Gasteiger partial charge >= 0.3 is 0 Å². The molecular formula is C62H43NO. The van der Waals surface area contributed by atoms with Crippen LogP contribution >= 0.6 is 0 Å². The molecule has 0 atom stereocenters. The molecule has 0 unspecified atom stereocenters. The van der Waals surface area contributed by atoms with Gasteiger partial charge in [-0.15, -0.1) is 0 Å². The van der Waals surface area contributed by atoms with E-state index in [2.05, 4.69) is 231 Å². The highest BCUT2D eigenvalue weighted by Crippen LogP contribution is 2.62. The Morgan fingerprint density at radius 1 is 0.391 bits per heavy atom. The highest BCUT2D eigenvalue weighted by Gasteiger charge is 2.48. The van der Waals surface area contributed by atoms with Crippen LogP contribution in [0.15, 0.2) is 229 Å². The van der Waals surface area contributed by atoms with Gasteiger partial charge in [0.15, 0.2) is 0 Å². The number of nitrogens with zero attached hydrogens (tertiary/aromatic N) is 1. The third kappa shape index (κ3) is 5.08. The molecule has 302 valence electrons. The van der Waals surface area contributed by atoms with E-state index < -0.39 is 5.41 Å². The van der Waals surface area contributed by atoms with Gasteiger partial charge in [-0.05, 0) is 109 Å². The molecule has 64 heavy (non-hydrogen) atoms. The van der Waals surface area contributed by atoms with Crippen molar-refractivity contribution in [1.29, 1.82) is 0 Å². The van der Waals surface area contributed by atoms with Crippen LogP contribution < -0.4 is 4.90 Å². The molecule has 0 N–H and O–H groups in total. The second-order valence-electron chi connectivity index (χ2n) is 18.0. The van der Waals surface area contributed by atoms with Crippen LogP contribution in [-0.4, -0.2) is 0 Å². The first kappa shape index (κ1) is 36.7. The van der Waals surface area contributed by atoms with Gasteiger partial charge in [-0.1, -0.05) is 196 Å². The Bertz CT molecular complexity index is 3590. The predicted molar refractivity (Wildman–Crippen MR) is 266 cm³/mol. The molecule has 2 aliphatic carbocycles. The van der Waals surface area contributed by atoms with Crippen LogP contribution in [0.4, 0.5) is 17.1 Å². The number of benzene rings is 10. The largest absolute Gasteiger partial charge is 0.456 e. The van der Waals surface area contributed by atoms with Crippen LogP contribution in [0.3, 0.4) is 0 Å². The quantitative estimate of drug-likeness (QED) is 0.166. The van der Waals surface area contributed by atoms with Crippen molar-refractivity contribution in [2.45, 2.75) is 24.7 Å². The molecule has 10 aromatic carbocycles. The summed E-state index contributed by atoms with van der Waals surface area (Å²) in [6.07, 6.45) is 0. The number of anilines is 3. The van der Waals surface area contributed by atoms with E-state index in [9.17, 15) is 0 Å². The Kier molecular flexibility index (Phi) is 7.90. The third-order valence-corrected chi connectivity index (χ3v) is 14.3. The maximum absolute atomic E-state index is 6.22. The number of fused-ring (bicyclic) bond motifs is 11. The summed E-state index contributed by atoms with van der Waals surface area (Å²) in [5, 5.41) is 4.80. The first-order valence-electron chi connectivity index (χ1n) is 22.3. The fraction of sp³-hybridized carbons (Fsp3) is 0.0645. The second kappa shape index (κ2) is 13.8. The Balaban J connectivity index is 1.11. The third-order valence-electron chi connectivity index (χ3n) is 14.3. The summed E-state index contributed by atoms with van der Waals surface area (Å²) < 4.78 is 6.22. The number of furan rings is 1. The second-order valence-corrected chi connectivity index (χ2v) is 18.0. The molecule has 0 fully saturated rings. The zero-order valence-corrected chi connectivity index (χ0v) is 35.7. The molecule has 2 nitrogen and oxygen atoms in total. The number of para-hydroxylation sites is 1. The molecule has 0 aliphatic heterocycles. The zero-order chi connectivity index (χ0) is 42.6. The lowest BCUT2D eigenvalue weighted by Crippen LogP contribution is -2.28. The molecule has 0 spiro atoms. The highest BCUT2D eigenvalue weighted by atomic mass is 16.3. The predicted octanol–water partition coefficient (Wildman–Crippen LogP) is 16.5. The monoisotopic (exact) mass is 817 g/mol. The van der Waals surface area contributed by atoms with Crippen molar-refractivity contribution >= 4 is 49.8 Å². The van der Waals surface area contributed by atoms with E-state index in [0.717, 1.165) is 44.4 Å². The van der Waals surface area contributed by atoms with Gasteiger partial charge in [-0.2, -0.15) is 0 Å². The number of hydrogen-bond acceptors (Lipinski definition) is 2. The summed E-state index contributed by atoms with van der Waals surface area (Å²) in [5.74, 6) is 0. The molecule has 1 aromatic heterocycles. The molecule has 1 heterocycles. The molecule has 11 aromatic rings. The van der Waals surface area contributed by atoms with Gasteiger partial charge in [-0.25, -0.2) is 0 Å². The Labute approximate surface area is 373 Å². The van der Waals surface area contributed by atoms with Crippen molar-refractivity contribution in [1.82, 2.24) is 0 Å². The Hall–Kier alpha value is -7.94. The van der Waals surface area contributed by atoms with Crippen molar-refractivity contribution in [3.63, 3.8) is 0 Å². The SMILES string of the molecule is CC1(C)c2ccccc2-c2c(N(c3ccc(-c4ccc5oc6ccccc6c5c4)cc3)c3cccc4c3-c3ccccc3C4(c3ccccc3)c3ccccc3)cc3ccccc3c21. The van der Waals surface area contributed by atoms with Gasteiger partial charge in [0.1, 0.15) is 11.2 Å². The van der Waals surface area contributed by atoms with Crippen LogP contribution in [0, 0.1) is 0 Å². The van der Waals surface area contributed by atoms with E-state index in [1.165, 1.54) is 72.1 Å². The lowest BCUT2D eigenvalue weighted by Gasteiger charge is -2.35. The van der Waals surface area contributed by atoms with Gasteiger partial charge in [0, 0.05) is 33.0 Å². The zero-order valence-electron chi connectivity index (χ0n) is 35.7. The average Bonchev–Trinajstić information content (AvgIpc) is 3.96. The summed E-state index contributed by atoms with van der Waals surface area (Å²) >= 11 is 0. The fourth-order valence-corrected chi connectivity index (χ4v) is 11.6. The molecule has 0 bridgehead atoms. The van der Waals surface area contributed by atoms with Crippen LogP contribution in [0.5, 0.6) is 0 Å². The minimum atomic E-state index is -0.532. The van der Waals surface area contributed by atoms with Crippen LogP contribution in [-0.2, 0) is 10.8 Å². The normalized spacial score (nSPS) is 14.0. The molecule has 2 heteroatoms. The van der Waals surface area contributed by atoms with E-state index in [0.29, 0.717) is 0 Å². The van der Waals surface area contributed by atoms with Crippen molar-refractivity contribution in [3.8, 4) is 33.4 Å². The van der Waals surface area contributed by atoms with E-state index in [1.807, 2.05) is 12.1 Å². The van der Waals surface area contributed by atoms with Crippen LogP contribution in [0.2, 0.25) is 0 Å². The average molecular weight is 818 g/mol. The Morgan fingerprint density at radius 2 is 0.969 bits per heavy atom. The van der Waals surface area contributed by atoms with Crippen molar-refractivity contribution in [2.24, 2.45) is 0 Å². The molecule has 13 rings (SSSR count). The van der Waals surface area contributed by atoms with Crippen molar-refractivity contribution in [3.05, 3.63) is 258 Å². The minimum Gasteiger partial charge on any atom is -0.456 e. The summed E-state index contributed by atoms with van der Waals surface area (Å²) in [4.78, 5) is 2.57. The fourth-order valence-electron chi connectivity index (χ4n) is 11.6. The maximum Gasteiger partial charge on any atom is 0.135 e. The summed E-state index contributed by atoms with van der Waals surface area (Å²) in [5.41, 5.74) is 19.7. The van der Waals surface area contributed by atoms with Crippen LogP contribution in [0.1, 0.15) is 47.2 Å². The van der Waals surface area contributed by atoms with Crippen LogP contribution in [0.25, 0.3) is 66.1 Å². The molecule has 2 aliphatic rings. The number of hydrogen-bond donors (Lipinski definition) is 0. The molecule has 0 saturated heterocycles. The standard InChI is InChI=1S/C62H43NO/c1-61(2)51-27-14-11-25-48(51)59-55(39-42-18-9-10-23-46(42)60(59)61)63(45-35-32-40(33-36-45)41-34-37-57-50(38-41)47-24-13-16-31-56(47)64-57)54-30-17-29-53-58(54)49-26-12-15-28-52(49)62(53,43-19-5-3-6-20-43)44-21-7-4-8-22-44/h3-39H,1-2H3. The summed E-state index contributed by atoms with van der Waals surface area (Å²) in [6.45, 7) is 4.80. The molecule has 0 amide bonds. The maximum atomic E-state index is 6.22. The summed E-state index contributed by atoms with van der Waals surface area (Å²) in [6, 6.07) is 82.9. The first-order chi connectivity index (χ1) is 31.5. The van der Waals surface area contributed by atoms with Crippen molar-refractivity contribution < 1.29 is 4.42 Å². The lowest BCUT2D eigenvalue weighted by atomic mass is 9.68. The van der Waals surface area contributed by atoms with E-state index in [4.69, 9.17) is 4.42 Å². The summed E-state index contributed by atoms with van der Waals surface area (Å²) in [7, 11) is 0. The van der Waals surface area contributed by atoms with Gasteiger partial charge < -0.3 is 9.32 Å². The van der Waals surface area contributed by atoms with Crippen molar-refractivity contribution in [2.75, 3.05) is 4.90 Å². The molecule has 0 radical (unpaired) electrons. The lowest BCUT2D eigenvalue weighted by molar-refractivity contribution is 0.666. The van der Waals surface area contributed by atoms with Gasteiger partial charge in [0.25, 0.3) is 0 Å². The van der Waals surface area contributed by atoms with Gasteiger partial charge in [0.05, 0.1) is 16.8 Å². The first-order valence-corrected chi connectivity index (χ1v) is 22.3. The molecular weight excluding hydrogens is 775 g/mol. The molecule has 0 saturated carbocycles. The smallest absolute Gasteiger partial charge is 0.135 e. The van der Waals surface area contributed by atoms with E-state index >= 15 is 0 Å². The van der Waals surface area contributed by atoms with Gasteiger partial charge in [0.2, 0.25) is 0 Å². The highest BCUT2D eigenvalue weighted by molar-refractivity contribution is 6.09. The minimum absolute atomic E-state index is 0.214. The van der Waals surface area contributed by atoms with Gasteiger partial charge in [-0.3, -0.25) is 0 Å². The van der Waals surface area contributed by atoms with E-state index in [-0.39, 0.29) is 5.41 Å².